The summed E-state index contributed by atoms with van der Waals surface area (Å²) in [7, 11) is 1.52. The van der Waals surface area contributed by atoms with Gasteiger partial charge in [-0.25, -0.2) is 4.98 Å². The predicted molar refractivity (Wildman–Crippen MR) is 72.2 cm³/mol. The molecule has 1 aromatic carbocycles. The maximum Gasteiger partial charge on any atom is 0.136 e. The van der Waals surface area contributed by atoms with Crippen molar-refractivity contribution in [2.75, 3.05) is 12.8 Å². The molecular weight excluding hydrogens is 240 g/mol. The molecular formula is C14H12N4O. The van der Waals surface area contributed by atoms with Gasteiger partial charge in [0.2, 0.25) is 0 Å². The Labute approximate surface area is 111 Å². The molecule has 0 aliphatic rings. The van der Waals surface area contributed by atoms with Crippen LogP contribution in [0.4, 0.5) is 5.82 Å². The highest BCUT2D eigenvalue weighted by atomic mass is 16.5. The van der Waals surface area contributed by atoms with Crippen LogP contribution < -0.4 is 10.5 Å². The topological polar surface area (TPSA) is 76.9 Å². The first kappa shape index (κ1) is 12.5. The summed E-state index contributed by atoms with van der Waals surface area (Å²) < 4.78 is 6.77. The lowest BCUT2D eigenvalue weighted by Crippen LogP contribution is -2.00. The summed E-state index contributed by atoms with van der Waals surface area (Å²) in [6, 6.07) is 7.29. The molecule has 0 unspecified atom stereocenters. The van der Waals surface area contributed by atoms with Crippen molar-refractivity contribution in [3.63, 3.8) is 0 Å². The van der Waals surface area contributed by atoms with E-state index in [0.717, 1.165) is 5.56 Å². The number of nitrogens with zero attached hydrogens (tertiary/aromatic N) is 3. The Bertz CT molecular complexity index is 688. The average molecular weight is 252 g/mol. The summed E-state index contributed by atoms with van der Waals surface area (Å²) in [4.78, 5) is 4.23. The second-order valence-corrected chi connectivity index (χ2v) is 3.84. The number of aromatic nitrogens is 2. The van der Waals surface area contributed by atoms with E-state index in [1.54, 1.807) is 29.1 Å². The average Bonchev–Trinajstić information content (AvgIpc) is 2.80. The number of nitrogens with two attached hydrogens (primary N) is 1. The highest BCUT2D eigenvalue weighted by Crippen LogP contribution is 2.28. The molecule has 0 atom stereocenters. The normalized spacial score (nSPS) is 9.63. The minimum atomic E-state index is 0.361. The van der Waals surface area contributed by atoms with Gasteiger partial charge in [0.1, 0.15) is 23.3 Å². The van der Waals surface area contributed by atoms with Crippen molar-refractivity contribution >= 4 is 5.82 Å². The molecule has 2 aromatic rings. The number of nitrogen functional groups attached to an aromatic ring is 1. The molecule has 1 aromatic heterocycles. The largest absolute Gasteiger partial charge is 0.495 e. The van der Waals surface area contributed by atoms with Crippen molar-refractivity contribution in [2.45, 2.75) is 6.54 Å². The zero-order valence-corrected chi connectivity index (χ0v) is 10.4. The number of anilines is 1. The number of nitriles is 1. The minimum Gasteiger partial charge on any atom is -0.495 e. The Morgan fingerprint density at radius 3 is 2.95 bits per heavy atom. The standard InChI is InChI=1S/C14H12N4O/c1-3-6-18-9-17-13(14(18)16)10-4-5-12(19-2)11(7-10)8-15/h1,4-5,7,9H,6,16H2,2H3. The van der Waals surface area contributed by atoms with Crippen molar-refractivity contribution in [3.8, 4) is 35.4 Å². The number of hydrogen-bond donors (Lipinski definition) is 1. The van der Waals surface area contributed by atoms with Gasteiger partial charge in [-0.1, -0.05) is 5.92 Å². The molecule has 0 saturated heterocycles. The maximum absolute atomic E-state index is 9.07. The van der Waals surface area contributed by atoms with Gasteiger partial charge in [0.15, 0.2) is 0 Å². The fraction of sp³-hybridized carbons (Fsp3) is 0.143. The van der Waals surface area contributed by atoms with Crippen molar-refractivity contribution in [1.82, 2.24) is 9.55 Å². The molecule has 0 aliphatic heterocycles. The predicted octanol–water partition coefficient (Wildman–Crippen LogP) is 1.65. The molecule has 19 heavy (non-hydrogen) atoms. The number of benzene rings is 1. The molecule has 0 amide bonds. The second kappa shape index (κ2) is 5.16. The maximum atomic E-state index is 9.07. The van der Waals surface area contributed by atoms with Crippen molar-refractivity contribution in [1.29, 1.82) is 5.26 Å². The van der Waals surface area contributed by atoms with Gasteiger partial charge in [-0.2, -0.15) is 5.26 Å². The highest BCUT2D eigenvalue weighted by molar-refractivity contribution is 5.72. The van der Waals surface area contributed by atoms with Gasteiger partial charge in [0.25, 0.3) is 0 Å². The van der Waals surface area contributed by atoms with E-state index in [1.807, 2.05) is 0 Å². The number of terminal acetylenes is 1. The number of methoxy groups -OCH3 is 1. The highest BCUT2D eigenvalue weighted by Gasteiger charge is 2.12. The lowest BCUT2D eigenvalue weighted by atomic mass is 10.1. The Balaban J connectivity index is 2.49. The van der Waals surface area contributed by atoms with E-state index in [2.05, 4.69) is 17.0 Å². The van der Waals surface area contributed by atoms with Crippen LogP contribution in [0.2, 0.25) is 0 Å². The summed E-state index contributed by atoms with van der Waals surface area (Å²) >= 11 is 0. The number of imidazole rings is 1. The molecule has 0 spiro atoms. The van der Waals surface area contributed by atoms with Crippen LogP contribution in [0.5, 0.6) is 5.75 Å². The first-order valence-corrected chi connectivity index (χ1v) is 5.53. The van der Waals surface area contributed by atoms with Gasteiger partial charge in [-0.15, -0.1) is 6.42 Å². The fourth-order valence-corrected chi connectivity index (χ4v) is 1.78. The summed E-state index contributed by atoms with van der Waals surface area (Å²) in [5, 5.41) is 9.07. The monoisotopic (exact) mass is 252 g/mol. The lowest BCUT2D eigenvalue weighted by molar-refractivity contribution is 0.413. The molecule has 0 saturated carbocycles. The molecule has 0 aliphatic carbocycles. The molecule has 2 rings (SSSR count). The third-order valence-corrected chi connectivity index (χ3v) is 2.73. The zero-order chi connectivity index (χ0) is 13.8. The fourth-order valence-electron chi connectivity index (χ4n) is 1.78. The van der Waals surface area contributed by atoms with Crippen LogP contribution in [0.3, 0.4) is 0 Å². The van der Waals surface area contributed by atoms with Gasteiger partial charge in [-0.05, 0) is 18.2 Å². The van der Waals surface area contributed by atoms with Crippen molar-refractivity contribution < 1.29 is 4.74 Å². The SMILES string of the molecule is C#CCn1cnc(-c2ccc(OC)c(C#N)c2)c1N. The van der Waals surface area contributed by atoms with E-state index >= 15 is 0 Å². The third-order valence-electron chi connectivity index (χ3n) is 2.73. The van der Waals surface area contributed by atoms with Gasteiger partial charge >= 0.3 is 0 Å². The first-order chi connectivity index (χ1) is 9.21. The van der Waals surface area contributed by atoms with Crippen LogP contribution in [-0.4, -0.2) is 16.7 Å². The molecule has 5 heteroatoms. The van der Waals surface area contributed by atoms with Crippen molar-refractivity contribution in [3.05, 3.63) is 30.1 Å². The van der Waals surface area contributed by atoms with E-state index < -0.39 is 0 Å². The quantitative estimate of drug-likeness (QED) is 0.842. The molecule has 0 fully saturated rings. The molecule has 0 radical (unpaired) electrons. The van der Waals surface area contributed by atoms with Crippen LogP contribution >= 0.6 is 0 Å². The first-order valence-electron chi connectivity index (χ1n) is 5.53. The Hall–Kier alpha value is -2.92. The number of rotatable bonds is 3. The van der Waals surface area contributed by atoms with Crippen molar-refractivity contribution in [2.24, 2.45) is 0 Å². The molecule has 0 bridgehead atoms. The van der Waals surface area contributed by atoms with Gasteiger partial charge in [-0.3, -0.25) is 0 Å². The van der Waals surface area contributed by atoms with Crippen LogP contribution in [-0.2, 0) is 6.54 Å². The third kappa shape index (κ3) is 2.22. The minimum absolute atomic E-state index is 0.361. The number of hydrogen-bond acceptors (Lipinski definition) is 4. The van der Waals surface area contributed by atoms with Crippen LogP contribution in [0.25, 0.3) is 11.3 Å². The lowest BCUT2D eigenvalue weighted by Gasteiger charge is -2.05. The van der Waals surface area contributed by atoms with E-state index in [-0.39, 0.29) is 0 Å². The second-order valence-electron chi connectivity index (χ2n) is 3.84. The van der Waals surface area contributed by atoms with Gasteiger partial charge in [0.05, 0.1) is 25.5 Å². The van der Waals surface area contributed by atoms with Crippen LogP contribution in [0.15, 0.2) is 24.5 Å². The van der Waals surface area contributed by atoms with Gasteiger partial charge < -0.3 is 15.0 Å². The smallest absolute Gasteiger partial charge is 0.136 e. The van der Waals surface area contributed by atoms with E-state index in [0.29, 0.717) is 29.4 Å². The molecule has 5 nitrogen and oxygen atoms in total. The summed E-state index contributed by atoms with van der Waals surface area (Å²) in [6.45, 7) is 0.361. The van der Waals surface area contributed by atoms with E-state index in [4.69, 9.17) is 22.2 Å². The number of ether oxygens (including phenoxy) is 1. The van der Waals surface area contributed by atoms with Crippen LogP contribution in [0.1, 0.15) is 5.56 Å². The van der Waals surface area contributed by atoms with E-state index in [9.17, 15) is 0 Å². The molecule has 94 valence electrons. The van der Waals surface area contributed by atoms with E-state index in [1.165, 1.54) is 7.11 Å². The molecule has 2 N–H and O–H groups in total. The Kier molecular flexibility index (Phi) is 3.40. The Morgan fingerprint density at radius 1 is 1.53 bits per heavy atom. The van der Waals surface area contributed by atoms with Crippen LogP contribution in [0, 0.1) is 23.7 Å². The van der Waals surface area contributed by atoms with Gasteiger partial charge in [0, 0.05) is 5.56 Å². The summed E-state index contributed by atoms with van der Waals surface area (Å²) in [5.41, 5.74) is 7.77. The Morgan fingerprint density at radius 2 is 2.32 bits per heavy atom. The summed E-state index contributed by atoms with van der Waals surface area (Å²) in [6.07, 6.45) is 6.83. The zero-order valence-electron chi connectivity index (χ0n) is 10.4. The molecule has 1 heterocycles. The summed E-state index contributed by atoms with van der Waals surface area (Å²) in [5.74, 6) is 3.50.